The Morgan fingerprint density at radius 1 is 1.12 bits per heavy atom. The fourth-order valence-corrected chi connectivity index (χ4v) is 1.36. The average Bonchev–Trinajstić information content (AvgIpc) is 2.32. The molecule has 2 N–H and O–H groups in total. The van der Waals surface area contributed by atoms with Crippen LogP contribution in [-0.2, 0) is 0 Å². The Hall–Kier alpha value is -2.10. The van der Waals surface area contributed by atoms with Gasteiger partial charge in [-0.15, -0.1) is 0 Å². The van der Waals surface area contributed by atoms with Gasteiger partial charge in [-0.1, -0.05) is 12.1 Å². The highest BCUT2D eigenvalue weighted by Gasteiger charge is 2.01. The number of anilines is 3. The molecule has 0 fully saturated rings. The molecule has 16 heavy (non-hydrogen) atoms. The summed E-state index contributed by atoms with van der Waals surface area (Å²) in [7, 11) is 1.81. The maximum absolute atomic E-state index is 13.4. The minimum absolute atomic E-state index is 0.280. The number of aromatic nitrogens is 1. The Morgan fingerprint density at radius 3 is 2.62 bits per heavy atom. The van der Waals surface area contributed by atoms with Crippen molar-refractivity contribution in [2.75, 3.05) is 17.7 Å². The lowest BCUT2D eigenvalue weighted by Gasteiger charge is -2.08. The van der Waals surface area contributed by atoms with E-state index >= 15 is 0 Å². The second-order valence-corrected chi connectivity index (χ2v) is 3.32. The van der Waals surface area contributed by atoms with Crippen molar-refractivity contribution in [3.63, 3.8) is 0 Å². The van der Waals surface area contributed by atoms with Gasteiger partial charge in [-0.3, -0.25) is 4.98 Å². The highest BCUT2D eigenvalue weighted by molar-refractivity contribution is 5.63. The van der Waals surface area contributed by atoms with Crippen LogP contribution in [-0.4, -0.2) is 12.0 Å². The quantitative estimate of drug-likeness (QED) is 0.829. The summed E-state index contributed by atoms with van der Waals surface area (Å²) in [5, 5.41) is 5.94. The molecule has 0 aliphatic rings. The van der Waals surface area contributed by atoms with Gasteiger partial charge in [0.25, 0.3) is 0 Å². The molecule has 4 heteroatoms. The van der Waals surface area contributed by atoms with Gasteiger partial charge in [0.05, 0.1) is 29.5 Å². The first kappa shape index (κ1) is 10.4. The molecule has 2 aromatic rings. The van der Waals surface area contributed by atoms with E-state index in [0.29, 0.717) is 5.69 Å². The lowest BCUT2D eigenvalue weighted by molar-refractivity contribution is 0.632. The molecule has 0 bridgehead atoms. The molecular weight excluding hydrogens is 205 g/mol. The number of benzene rings is 1. The van der Waals surface area contributed by atoms with Crippen molar-refractivity contribution in [2.24, 2.45) is 0 Å². The number of rotatable bonds is 3. The Morgan fingerprint density at radius 2 is 1.88 bits per heavy atom. The lowest BCUT2D eigenvalue weighted by atomic mass is 10.3. The average molecular weight is 217 g/mol. The van der Waals surface area contributed by atoms with Gasteiger partial charge in [0.2, 0.25) is 0 Å². The molecule has 82 valence electrons. The number of hydrogen-bond donors (Lipinski definition) is 2. The first-order chi connectivity index (χ1) is 7.79. The number of nitrogens with one attached hydrogen (secondary N) is 2. The van der Waals surface area contributed by atoms with Gasteiger partial charge in [-0.2, -0.15) is 0 Å². The third-order valence-corrected chi connectivity index (χ3v) is 2.18. The summed E-state index contributed by atoms with van der Waals surface area (Å²) in [6.07, 6.45) is 3.35. The van der Waals surface area contributed by atoms with E-state index in [1.165, 1.54) is 6.07 Å². The molecule has 2 rings (SSSR count). The van der Waals surface area contributed by atoms with Crippen LogP contribution in [0.3, 0.4) is 0 Å². The van der Waals surface area contributed by atoms with Crippen LogP contribution >= 0.6 is 0 Å². The van der Waals surface area contributed by atoms with Crippen molar-refractivity contribution in [3.05, 3.63) is 48.5 Å². The van der Waals surface area contributed by atoms with Crippen molar-refractivity contribution in [1.82, 2.24) is 4.98 Å². The summed E-state index contributed by atoms with van der Waals surface area (Å²) < 4.78 is 13.4. The van der Waals surface area contributed by atoms with Gasteiger partial charge in [0.1, 0.15) is 5.82 Å². The van der Waals surface area contributed by atoms with Crippen LogP contribution in [0.5, 0.6) is 0 Å². The molecular formula is C12H12FN3. The van der Waals surface area contributed by atoms with E-state index in [1.54, 1.807) is 30.6 Å². The molecule has 1 aromatic heterocycles. The molecule has 0 aliphatic carbocycles. The van der Waals surface area contributed by atoms with Crippen LogP contribution in [0.4, 0.5) is 21.5 Å². The molecule has 0 spiro atoms. The highest BCUT2D eigenvalue weighted by Crippen LogP contribution is 2.20. The van der Waals surface area contributed by atoms with Crippen molar-refractivity contribution in [3.8, 4) is 0 Å². The summed E-state index contributed by atoms with van der Waals surface area (Å²) >= 11 is 0. The largest absolute Gasteiger partial charge is 0.387 e. The van der Waals surface area contributed by atoms with Gasteiger partial charge in [-0.05, 0) is 18.2 Å². The minimum atomic E-state index is -0.280. The molecule has 0 unspecified atom stereocenters. The number of pyridine rings is 1. The predicted molar refractivity (Wildman–Crippen MR) is 63.5 cm³/mol. The smallest absolute Gasteiger partial charge is 0.146 e. The summed E-state index contributed by atoms with van der Waals surface area (Å²) in [4.78, 5) is 4.03. The summed E-state index contributed by atoms with van der Waals surface area (Å²) in [5.74, 6) is -0.280. The van der Waals surface area contributed by atoms with Crippen molar-refractivity contribution in [2.45, 2.75) is 0 Å². The van der Waals surface area contributed by atoms with Gasteiger partial charge in [0, 0.05) is 7.05 Å². The second kappa shape index (κ2) is 4.61. The van der Waals surface area contributed by atoms with E-state index in [9.17, 15) is 4.39 Å². The van der Waals surface area contributed by atoms with Gasteiger partial charge >= 0.3 is 0 Å². The fraction of sp³-hybridized carbons (Fsp3) is 0.0833. The first-order valence-corrected chi connectivity index (χ1v) is 4.94. The van der Waals surface area contributed by atoms with E-state index in [0.717, 1.165) is 11.4 Å². The normalized spacial score (nSPS) is 9.88. The molecule has 0 amide bonds. The van der Waals surface area contributed by atoms with E-state index < -0.39 is 0 Å². The maximum Gasteiger partial charge on any atom is 0.146 e. The van der Waals surface area contributed by atoms with E-state index in [-0.39, 0.29) is 5.82 Å². The zero-order valence-electron chi connectivity index (χ0n) is 8.87. The predicted octanol–water partition coefficient (Wildman–Crippen LogP) is 3.01. The zero-order chi connectivity index (χ0) is 11.4. The Bertz CT molecular complexity index is 485. The van der Waals surface area contributed by atoms with Crippen LogP contribution in [0, 0.1) is 5.82 Å². The second-order valence-electron chi connectivity index (χ2n) is 3.32. The molecule has 1 aromatic carbocycles. The van der Waals surface area contributed by atoms with Gasteiger partial charge < -0.3 is 10.6 Å². The first-order valence-electron chi connectivity index (χ1n) is 4.94. The fourth-order valence-electron chi connectivity index (χ4n) is 1.36. The third kappa shape index (κ3) is 2.28. The molecule has 0 radical (unpaired) electrons. The molecule has 0 saturated heterocycles. The zero-order valence-corrected chi connectivity index (χ0v) is 8.87. The minimum Gasteiger partial charge on any atom is -0.387 e. The third-order valence-electron chi connectivity index (χ3n) is 2.18. The number of para-hydroxylation sites is 1. The van der Waals surface area contributed by atoms with Crippen molar-refractivity contribution < 1.29 is 4.39 Å². The van der Waals surface area contributed by atoms with Crippen LogP contribution in [0.25, 0.3) is 0 Å². The monoisotopic (exact) mass is 217 g/mol. The lowest BCUT2D eigenvalue weighted by Crippen LogP contribution is -1.96. The molecule has 1 heterocycles. The maximum atomic E-state index is 13.4. The standard InChI is InChI=1S/C12H12FN3/c1-14-9-6-10(8-15-7-9)16-12-5-3-2-4-11(12)13/h2-8,14,16H,1H3. The summed E-state index contributed by atoms with van der Waals surface area (Å²) in [6, 6.07) is 8.39. The number of nitrogens with zero attached hydrogens (tertiary/aromatic N) is 1. The van der Waals surface area contributed by atoms with Crippen LogP contribution in [0.15, 0.2) is 42.7 Å². The SMILES string of the molecule is CNc1cncc(Nc2ccccc2F)c1. The van der Waals surface area contributed by atoms with Gasteiger partial charge in [-0.25, -0.2) is 4.39 Å². The van der Waals surface area contributed by atoms with E-state index in [2.05, 4.69) is 15.6 Å². The van der Waals surface area contributed by atoms with Crippen molar-refractivity contribution in [1.29, 1.82) is 0 Å². The summed E-state index contributed by atoms with van der Waals surface area (Å²) in [6.45, 7) is 0. The van der Waals surface area contributed by atoms with E-state index in [1.807, 2.05) is 13.1 Å². The molecule has 0 saturated carbocycles. The van der Waals surface area contributed by atoms with Crippen LogP contribution in [0.1, 0.15) is 0 Å². The number of halogens is 1. The Balaban J connectivity index is 2.24. The highest BCUT2D eigenvalue weighted by atomic mass is 19.1. The molecule has 0 atom stereocenters. The van der Waals surface area contributed by atoms with Crippen molar-refractivity contribution >= 4 is 17.1 Å². The topological polar surface area (TPSA) is 37.0 Å². The molecule has 3 nitrogen and oxygen atoms in total. The van der Waals surface area contributed by atoms with Crippen LogP contribution in [0.2, 0.25) is 0 Å². The summed E-state index contributed by atoms with van der Waals surface area (Å²) in [5.41, 5.74) is 2.07. The van der Waals surface area contributed by atoms with E-state index in [4.69, 9.17) is 0 Å². The molecule has 0 aliphatic heterocycles. The number of hydrogen-bond acceptors (Lipinski definition) is 3. The Labute approximate surface area is 93.3 Å². The van der Waals surface area contributed by atoms with Crippen LogP contribution < -0.4 is 10.6 Å². The van der Waals surface area contributed by atoms with Gasteiger partial charge in [0.15, 0.2) is 0 Å². The Kier molecular flexibility index (Phi) is 3.00.